The number of rotatable bonds is 4. The first-order valence-corrected chi connectivity index (χ1v) is 10.6. The summed E-state index contributed by atoms with van der Waals surface area (Å²) in [7, 11) is 0. The van der Waals surface area contributed by atoms with Crippen LogP contribution in [0.4, 0.5) is 33.3 Å². The summed E-state index contributed by atoms with van der Waals surface area (Å²) in [6, 6.07) is 7.34. The lowest BCUT2D eigenvalue weighted by Crippen LogP contribution is -2.51. The Hall–Kier alpha value is -3.50. The Balaban J connectivity index is 1.57. The highest BCUT2D eigenvalue weighted by atomic mass is 19.4. The van der Waals surface area contributed by atoms with Crippen LogP contribution in [-0.2, 0) is 15.8 Å². The summed E-state index contributed by atoms with van der Waals surface area (Å²) in [6.07, 6.45) is -1.62. The summed E-state index contributed by atoms with van der Waals surface area (Å²) in [5.41, 5.74) is 3.49. The topological polar surface area (TPSA) is 87.8 Å². The van der Waals surface area contributed by atoms with Crippen molar-refractivity contribution in [2.75, 3.05) is 17.6 Å². The Kier molecular flexibility index (Phi) is 6.05. The number of amides is 2. The molecule has 3 N–H and O–H groups in total. The van der Waals surface area contributed by atoms with Crippen LogP contribution in [0.15, 0.2) is 41.4 Å². The summed E-state index contributed by atoms with van der Waals surface area (Å²) in [4.78, 5) is 32.0. The van der Waals surface area contributed by atoms with Crippen molar-refractivity contribution >= 4 is 28.9 Å². The second-order valence-corrected chi connectivity index (χ2v) is 8.38. The van der Waals surface area contributed by atoms with Crippen LogP contribution in [-0.4, -0.2) is 34.6 Å². The van der Waals surface area contributed by atoms with E-state index in [2.05, 4.69) is 5.32 Å². The SMILES string of the molecule is Nc1ccc(C2=NC3(CCCCC3)N(CC(=O)Nc3cc(F)c(C(F)(F)F)c(F)c3)C2=O)cc1. The minimum absolute atomic E-state index is 0.182. The maximum absolute atomic E-state index is 13.9. The fraction of sp³-hybridized carbons (Fsp3) is 0.348. The first kappa shape index (κ1) is 23.7. The molecule has 0 radical (unpaired) electrons. The van der Waals surface area contributed by atoms with E-state index < -0.39 is 53.1 Å². The van der Waals surface area contributed by atoms with Crippen molar-refractivity contribution in [2.24, 2.45) is 4.99 Å². The lowest BCUT2D eigenvalue weighted by atomic mass is 9.88. The van der Waals surface area contributed by atoms with Crippen LogP contribution in [0.2, 0.25) is 0 Å². The summed E-state index contributed by atoms with van der Waals surface area (Å²) >= 11 is 0. The lowest BCUT2D eigenvalue weighted by molar-refractivity contribution is -0.142. The van der Waals surface area contributed by atoms with Gasteiger partial charge in [-0.05, 0) is 49.9 Å². The molecule has 2 aromatic carbocycles. The van der Waals surface area contributed by atoms with Gasteiger partial charge in [0, 0.05) is 16.9 Å². The lowest BCUT2D eigenvalue weighted by Gasteiger charge is -2.38. The molecule has 34 heavy (non-hydrogen) atoms. The molecular formula is C23H21F5N4O2. The molecule has 0 unspecified atom stereocenters. The maximum atomic E-state index is 13.9. The quantitative estimate of drug-likeness (QED) is 0.499. The molecule has 1 spiro atoms. The Morgan fingerprint density at radius 1 is 1.06 bits per heavy atom. The van der Waals surface area contributed by atoms with Crippen molar-refractivity contribution < 1.29 is 31.5 Å². The number of anilines is 2. The first-order chi connectivity index (χ1) is 16.0. The second-order valence-electron chi connectivity index (χ2n) is 8.38. The van der Waals surface area contributed by atoms with Crippen LogP contribution >= 0.6 is 0 Å². The van der Waals surface area contributed by atoms with Gasteiger partial charge < -0.3 is 16.0 Å². The van der Waals surface area contributed by atoms with Gasteiger partial charge in [0.2, 0.25) is 5.91 Å². The number of nitrogens with zero attached hydrogens (tertiary/aromatic N) is 2. The average molecular weight is 480 g/mol. The van der Waals surface area contributed by atoms with E-state index >= 15 is 0 Å². The van der Waals surface area contributed by atoms with Gasteiger partial charge in [0.25, 0.3) is 5.91 Å². The molecule has 1 saturated carbocycles. The normalized spacial score (nSPS) is 17.7. The zero-order valence-electron chi connectivity index (χ0n) is 17.9. The molecule has 1 heterocycles. The zero-order valence-corrected chi connectivity index (χ0v) is 17.9. The van der Waals surface area contributed by atoms with Gasteiger partial charge in [-0.15, -0.1) is 0 Å². The Bertz CT molecular complexity index is 1130. The molecule has 1 aliphatic carbocycles. The van der Waals surface area contributed by atoms with Crippen molar-refractivity contribution in [2.45, 2.75) is 43.9 Å². The van der Waals surface area contributed by atoms with Crippen LogP contribution in [0.3, 0.4) is 0 Å². The Morgan fingerprint density at radius 3 is 2.21 bits per heavy atom. The highest BCUT2D eigenvalue weighted by Gasteiger charge is 2.48. The van der Waals surface area contributed by atoms with Gasteiger partial charge in [-0.1, -0.05) is 18.6 Å². The molecule has 11 heteroatoms. The minimum Gasteiger partial charge on any atom is -0.399 e. The van der Waals surface area contributed by atoms with E-state index in [4.69, 9.17) is 10.7 Å². The molecule has 4 rings (SSSR count). The highest BCUT2D eigenvalue weighted by Crippen LogP contribution is 2.40. The largest absolute Gasteiger partial charge is 0.422 e. The molecular weight excluding hydrogens is 459 g/mol. The molecule has 6 nitrogen and oxygen atoms in total. The van der Waals surface area contributed by atoms with E-state index in [9.17, 15) is 31.5 Å². The van der Waals surface area contributed by atoms with E-state index in [-0.39, 0.29) is 5.71 Å². The zero-order chi connectivity index (χ0) is 24.7. The summed E-state index contributed by atoms with van der Waals surface area (Å²) in [5.74, 6) is -4.99. The van der Waals surface area contributed by atoms with E-state index in [1.807, 2.05) is 0 Å². The van der Waals surface area contributed by atoms with Crippen molar-refractivity contribution in [3.8, 4) is 0 Å². The smallest absolute Gasteiger partial charge is 0.399 e. The number of benzene rings is 2. The molecule has 2 amide bonds. The molecule has 180 valence electrons. The third-order valence-electron chi connectivity index (χ3n) is 6.02. The number of carbonyl (C=O) groups excluding carboxylic acids is 2. The van der Waals surface area contributed by atoms with E-state index in [1.54, 1.807) is 24.3 Å². The fourth-order valence-electron chi connectivity index (χ4n) is 4.44. The number of nitrogen functional groups attached to an aromatic ring is 1. The molecule has 1 fully saturated rings. The van der Waals surface area contributed by atoms with Gasteiger partial charge >= 0.3 is 6.18 Å². The fourth-order valence-corrected chi connectivity index (χ4v) is 4.44. The number of alkyl halides is 3. The number of nitrogens with one attached hydrogen (secondary N) is 1. The van der Waals surface area contributed by atoms with Crippen LogP contribution < -0.4 is 11.1 Å². The van der Waals surface area contributed by atoms with Crippen molar-refractivity contribution in [3.63, 3.8) is 0 Å². The third kappa shape index (κ3) is 4.46. The van der Waals surface area contributed by atoms with Gasteiger partial charge in [-0.25, -0.2) is 8.78 Å². The van der Waals surface area contributed by atoms with Crippen LogP contribution in [0.5, 0.6) is 0 Å². The summed E-state index contributed by atoms with van der Waals surface area (Å²) < 4.78 is 66.1. The molecule has 2 aliphatic rings. The Labute approximate surface area is 191 Å². The van der Waals surface area contributed by atoms with Gasteiger partial charge in [0.15, 0.2) is 0 Å². The average Bonchev–Trinajstić information content (AvgIpc) is 2.99. The van der Waals surface area contributed by atoms with Crippen molar-refractivity contribution in [1.82, 2.24) is 4.90 Å². The van der Waals surface area contributed by atoms with Gasteiger partial charge in [0.05, 0.1) is 0 Å². The van der Waals surface area contributed by atoms with Crippen molar-refractivity contribution in [1.29, 1.82) is 0 Å². The molecule has 0 saturated heterocycles. The van der Waals surface area contributed by atoms with Gasteiger partial charge in [0.1, 0.15) is 35.1 Å². The first-order valence-electron chi connectivity index (χ1n) is 10.6. The van der Waals surface area contributed by atoms with Crippen LogP contribution in [0, 0.1) is 11.6 Å². The van der Waals surface area contributed by atoms with Crippen molar-refractivity contribution in [3.05, 3.63) is 59.2 Å². The number of carbonyl (C=O) groups is 2. The number of nitrogens with two attached hydrogens (primary N) is 1. The summed E-state index contributed by atoms with van der Waals surface area (Å²) in [5, 5.41) is 2.19. The Morgan fingerprint density at radius 2 is 1.65 bits per heavy atom. The highest BCUT2D eigenvalue weighted by molar-refractivity contribution is 6.47. The molecule has 2 aromatic rings. The second kappa shape index (κ2) is 8.69. The summed E-state index contributed by atoms with van der Waals surface area (Å²) in [6.45, 7) is -0.481. The molecule has 0 bridgehead atoms. The number of hydrogen-bond acceptors (Lipinski definition) is 4. The molecule has 1 aliphatic heterocycles. The predicted octanol–water partition coefficient (Wildman–Crippen LogP) is 4.50. The number of hydrogen-bond donors (Lipinski definition) is 2. The number of halogens is 5. The van der Waals surface area contributed by atoms with E-state index in [0.717, 1.165) is 19.3 Å². The van der Waals surface area contributed by atoms with Gasteiger partial charge in [-0.3, -0.25) is 14.6 Å². The van der Waals surface area contributed by atoms with Gasteiger partial charge in [-0.2, -0.15) is 13.2 Å². The standard InChI is InChI=1S/C23H21F5N4O2/c24-16-10-15(11-17(25)19(16)23(26,27)28)30-18(33)12-32-21(34)20(13-4-6-14(29)7-5-13)31-22(32)8-2-1-3-9-22/h4-7,10-11H,1-3,8-9,12,29H2,(H,30,33). The molecule has 0 atom stereocenters. The third-order valence-corrected chi connectivity index (χ3v) is 6.02. The maximum Gasteiger partial charge on any atom is 0.422 e. The molecule has 0 aromatic heterocycles. The van der Waals surface area contributed by atoms with Crippen LogP contribution in [0.1, 0.15) is 43.2 Å². The number of aliphatic imine (C=N–C) groups is 1. The van der Waals surface area contributed by atoms with E-state index in [1.165, 1.54) is 4.90 Å². The van der Waals surface area contributed by atoms with Crippen LogP contribution in [0.25, 0.3) is 0 Å². The predicted molar refractivity (Wildman–Crippen MR) is 115 cm³/mol. The van der Waals surface area contributed by atoms with E-state index in [0.29, 0.717) is 36.2 Å². The minimum atomic E-state index is -5.22. The monoisotopic (exact) mass is 480 g/mol.